The average Bonchev–Trinajstić information content (AvgIpc) is 3.13. The van der Waals surface area contributed by atoms with Crippen molar-refractivity contribution in [2.45, 2.75) is 32.4 Å². The Kier molecular flexibility index (Phi) is 5.93. The molecule has 31 heavy (non-hydrogen) atoms. The molecule has 0 atom stereocenters. The zero-order valence-electron chi connectivity index (χ0n) is 18.4. The molecule has 1 aliphatic rings. The molecule has 0 amide bonds. The average molecular weight is 423 g/mol. The largest absolute Gasteiger partial charge is 0.384 e. The number of imidazole rings is 1. The Hall–Kier alpha value is -2.97. The summed E-state index contributed by atoms with van der Waals surface area (Å²) in [6.45, 7) is 7.93. The van der Waals surface area contributed by atoms with Crippen LogP contribution in [0.4, 0.5) is 5.82 Å². The van der Waals surface area contributed by atoms with Gasteiger partial charge in [-0.2, -0.15) is 0 Å². The van der Waals surface area contributed by atoms with E-state index in [4.69, 9.17) is 0 Å². The van der Waals surface area contributed by atoms with E-state index in [0.29, 0.717) is 17.9 Å². The third-order valence-corrected chi connectivity index (χ3v) is 5.79. The monoisotopic (exact) mass is 422 g/mol. The van der Waals surface area contributed by atoms with Crippen LogP contribution in [-0.2, 0) is 18.6 Å². The van der Waals surface area contributed by atoms with Crippen LogP contribution in [-0.4, -0.2) is 62.3 Å². The molecule has 0 radical (unpaired) electrons. The first-order valence-electron chi connectivity index (χ1n) is 10.7. The SMILES string of the molecule is CN1CCN(c2ncccc2CCn2ccn(-c3ccc(C(C)(C)O)nc3)c2=O)CC1. The van der Waals surface area contributed by atoms with E-state index in [0.717, 1.165) is 44.0 Å². The van der Waals surface area contributed by atoms with Gasteiger partial charge in [-0.25, -0.2) is 9.78 Å². The lowest BCUT2D eigenvalue weighted by molar-refractivity contribution is 0.0738. The van der Waals surface area contributed by atoms with Gasteiger partial charge < -0.3 is 14.9 Å². The van der Waals surface area contributed by atoms with E-state index in [1.165, 1.54) is 0 Å². The number of aromatic nitrogens is 4. The molecule has 1 aliphatic heterocycles. The van der Waals surface area contributed by atoms with E-state index < -0.39 is 5.60 Å². The van der Waals surface area contributed by atoms with E-state index in [-0.39, 0.29) is 5.69 Å². The second kappa shape index (κ2) is 8.64. The van der Waals surface area contributed by atoms with Crippen LogP contribution in [0.25, 0.3) is 5.69 Å². The smallest absolute Gasteiger partial charge is 0.332 e. The molecule has 0 aliphatic carbocycles. The number of pyridine rings is 2. The van der Waals surface area contributed by atoms with Crippen LogP contribution in [0.3, 0.4) is 0 Å². The van der Waals surface area contributed by atoms with Gasteiger partial charge in [-0.1, -0.05) is 6.07 Å². The highest BCUT2D eigenvalue weighted by Crippen LogP contribution is 2.20. The number of likely N-dealkylation sites (N-methyl/N-ethyl adjacent to an activating group) is 1. The van der Waals surface area contributed by atoms with Crippen LogP contribution in [0.1, 0.15) is 25.1 Å². The molecule has 8 heteroatoms. The van der Waals surface area contributed by atoms with E-state index >= 15 is 0 Å². The van der Waals surface area contributed by atoms with Crippen LogP contribution >= 0.6 is 0 Å². The summed E-state index contributed by atoms with van der Waals surface area (Å²) in [6.07, 6.45) is 7.75. The Bertz CT molecular complexity index is 1070. The van der Waals surface area contributed by atoms with Gasteiger partial charge in [0.1, 0.15) is 11.4 Å². The van der Waals surface area contributed by atoms with Gasteiger partial charge in [0, 0.05) is 51.3 Å². The van der Waals surface area contributed by atoms with Crippen LogP contribution < -0.4 is 10.6 Å². The Morgan fingerprint density at radius 2 is 1.84 bits per heavy atom. The fourth-order valence-corrected chi connectivity index (χ4v) is 3.84. The van der Waals surface area contributed by atoms with E-state index in [9.17, 15) is 9.90 Å². The maximum absolute atomic E-state index is 12.9. The maximum atomic E-state index is 12.9. The van der Waals surface area contributed by atoms with Crippen molar-refractivity contribution in [2.75, 3.05) is 38.1 Å². The Labute approximate surface area is 182 Å². The zero-order valence-corrected chi connectivity index (χ0v) is 18.4. The highest BCUT2D eigenvalue weighted by atomic mass is 16.3. The molecule has 0 bridgehead atoms. The molecule has 0 unspecified atom stereocenters. The van der Waals surface area contributed by atoms with E-state index in [1.807, 2.05) is 12.3 Å². The number of hydrogen-bond acceptors (Lipinski definition) is 6. The maximum Gasteiger partial charge on any atom is 0.332 e. The van der Waals surface area contributed by atoms with Gasteiger partial charge in [-0.15, -0.1) is 0 Å². The standard InChI is InChI=1S/C23H30N6O2/c1-23(2,31)20-7-6-19(17-25-20)29-16-15-28(22(29)30)10-8-18-5-4-9-24-21(18)27-13-11-26(3)12-14-27/h4-7,9,15-17,31H,8,10-14H2,1-3H3. The molecule has 164 valence electrons. The fraction of sp³-hybridized carbons (Fsp3) is 0.435. The molecular weight excluding hydrogens is 392 g/mol. The summed E-state index contributed by atoms with van der Waals surface area (Å²) >= 11 is 0. The fourth-order valence-electron chi connectivity index (χ4n) is 3.84. The van der Waals surface area contributed by atoms with Gasteiger partial charge >= 0.3 is 5.69 Å². The van der Waals surface area contributed by atoms with Crippen molar-refractivity contribution in [3.8, 4) is 5.69 Å². The first-order chi connectivity index (χ1) is 14.8. The third kappa shape index (κ3) is 4.70. The molecule has 1 N–H and O–H groups in total. The quantitative estimate of drug-likeness (QED) is 0.651. The van der Waals surface area contributed by atoms with Gasteiger partial charge in [-0.05, 0) is 51.1 Å². The first kappa shape index (κ1) is 21.3. The number of nitrogens with zero attached hydrogens (tertiary/aromatic N) is 6. The van der Waals surface area contributed by atoms with Gasteiger partial charge in [0.05, 0.1) is 17.6 Å². The highest BCUT2D eigenvalue weighted by Gasteiger charge is 2.19. The van der Waals surface area contributed by atoms with Crippen molar-refractivity contribution in [1.82, 2.24) is 24.0 Å². The van der Waals surface area contributed by atoms with E-state index in [1.54, 1.807) is 53.7 Å². The van der Waals surface area contributed by atoms with Crippen LogP contribution in [0.2, 0.25) is 0 Å². The number of rotatable bonds is 6. The van der Waals surface area contributed by atoms with E-state index in [2.05, 4.69) is 32.9 Å². The van der Waals surface area contributed by atoms with Crippen molar-refractivity contribution in [2.24, 2.45) is 0 Å². The van der Waals surface area contributed by atoms with Crippen molar-refractivity contribution >= 4 is 5.82 Å². The molecule has 1 saturated heterocycles. The molecule has 0 saturated carbocycles. The second-order valence-corrected chi connectivity index (χ2v) is 8.63. The molecule has 3 aromatic heterocycles. The number of aryl methyl sites for hydroxylation is 2. The molecule has 0 aromatic carbocycles. The Morgan fingerprint density at radius 3 is 2.52 bits per heavy atom. The summed E-state index contributed by atoms with van der Waals surface area (Å²) < 4.78 is 3.29. The Morgan fingerprint density at radius 1 is 1.06 bits per heavy atom. The summed E-state index contributed by atoms with van der Waals surface area (Å²) in [5.74, 6) is 1.02. The van der Waals surface area contributed by atoms with Crippen LogP contribution in [0.5, 0.6) is 0 Å². The predicted octanol–water partition coefficient (Wildman–Crippen LogP) is 1.65. The topological polar surface area (TPSA) is 79.4 Å². The first-order valence-corrected chi connectivity index (χ1v) is 10.7. The lowest BCUT2D eigenvalue weighted by Gasteiger charge is -2.34. The molecule has 4 heterocycles. The van der Waals surface area contributed by atoms with Crippen molar-refractivity contribution < 1.29 is 5.11 Å². The van der Waals surface area contributed by atoms with Gasteiger partial charge in [0.25, 0.3) is 0 Å². The van der Waals surface area contributed by atoms with Gasteiger partial charge in [-0.3, -0.25) is 14.1 Å². The van der Waals surface area contributed by atoms with Crippen LogP contribution in [0.15, 0.2) is 53.8 Å². The molecule has 3 aromatic rings. The Balaban J connectivity index is 1.49. The number of hydrogen-bond donors (Lipinski definition) is 1. The normalized spacial score (nSPS) is 15.4. The van der Waals surface area contributed by atoms with Crippen molar-refractivity contribution in [1.29, 1.82) is 0 Å². The van der Waals surface area contributed by atoms with Gasteiger partial charge in [0.2, 0.25) is 0 Å². The molecule has 0 spiro atoms. The molecule has 4 rings (SSSR count). The van der Waals surface area contributed by atoms with Crippen molar-refractivity contribution in [3.05, 3.63) is 70.8 Å². The molecule has 1 fully saturated rings. The summed E-state index contributed by atoms with van der Waals surface area (Å²) in [6, 6.07) is 7.61. The summed E-state index contributed by atoms with van der Waals surface area (Å²) in [5.41, 5.74) is 1.28. The summed E-state index contributed by atoms with van der Waals surface area (Å²) in [5, 5.41) is 10.1. The third-order valence-electron chi connectivity index (χ3n) is 5.79. The predicted molar refractivity (Wildman–Crippen MR) is 121 cm³/mol. The van der Waals surface area contributed by atoms with Crippen molar-refractivity contribution in [3.63, 3.8) is 0 Å². The lowest BCUT2D eigenvalue weighted by atomic mass is 10.1. The van der Waals surface area contributed by atoms with Gasteiger partial charge in [0.15, 0.2) is 0 Å². The van der Waals surface area contributed by atoms with Crippen LogP contribution in [0, 0.1) is 0 Å². The second-order valence-electron chi connectivity index (χ2n) is 8.63. The summed E-state index contributed by atoms with van der Waals surface area (Å²) in [7, 11) is 2.14. The molecular formula is C23H30N6O2. The number of piperazine rings is 1. The highest BCUT2D eigenvalue weighted by molar-refractivity contribution is 5.47. The number of aliphatic hydroxyl groups is 1. The minimum atomic E-state index is -1.01. The molecule has 8 nitrogen and oxygen atoms in total. The lowest BCUT2D eigenvalue weighted by Crippen LogP contribution is -2.45. The number of anilines is 1. The minimum Gasteiger partial charge on any atom is -0.384 e. The minimum absolute atomic E-state index is 0.108. The zero-order chi connectivity index (χ0) is 22.0. The summed E-state index contributed by atoms with van der Waals surface area (Å²) in [4.78, 5) is 26.5.